The van der Waals surface area contributed by atoms with Crippen molar-refractivity contribution in [3.63, 3.8) is 0 Å². The molecule has 6 heteroatoms. The van der Waals surface area contributed by atoms with Crippen molar-refractivity contribution in [1.82, 2.24) is 9.80 Å². The Morgan fingerprint density at radius 2 is 1.70 bits per heavy atom. The summed E-state index contributed by atoms with van der Waals surface area (Å²) in [7, 11) is 2.17. The molecule has 0 bridgehead atoms. The number of rotatable bonds is 6. The van der Waals surface area contributed by atoms with Crippen LogP contribution in [0.1, 0.15) is 17.5 Å². The number of nitrogens with one attached hydrogen (secondary N) is 1. The van der Waals surface area contributed by atoms with Crippen molar-refractivity contribution >= 4 is 23.2 Å². The van der Waals surface area contributed by atoms with E-state index in [2.05, 4.69) is 34.3 Å². The van der Waals surface area contributed by atoms with Gasteiger partial charge >= 0.3 is 0 Å². The first-order chi connectivity index (χ1) is 14.6. The van der Waals surface area contributed by atoms with Gasteiger partial charge in [-0.15, -0.1) is 0 Å². The summed E-state index contributed by atoms with van der Waals surface area (Å²) in [5.74, 6) is -0.173. The van der Waals surface area contributed by atoms with E-state index in [1.54, 1.807) is 4.90 Å². The number of hydrogen-bond donors (Lipinski definition) is 1. The first kappa shape index (κ1) is 20.6. The fraction of sp³-hybridized carbons (Fsp3) is 0.417. The summed E-state index contributed by atoms with van der Waals surface area (Å²) in [5.41, 5.74) is 4.01. The number of anilines is 2. The lowest BCUT2D eigenvalue weighted by Gasteiger charge is -2.32. The van der Waals surface area contributed by atoms with Crippen LogP contribution in [0, 0.1) is 0 Å². The number of aryl methyl sites for hydroxylation is 1. The molecule has 1 N–H and O–H groups in total. The van der Waals surface area contributed by atoms with E-state index >= 15 is 0 Å². The van der Waals surface area contributed by atoms with Crippen LogP contribution in [0.3, 0.4) is 0 Å². The van der Waals surface area contributed by atoms with Gasteiger partial charge in [-0.1, -0.05) is 30.3 Å². The Morgan fingerprint density at radius 3 is 2.47 bits per heavy atom. The quantitative estimate of drug-likeness (QED) is 0.800. The number of amides is 2. The molecule has 158 valence electrons. The molecule has 1 fully saturated rings. The minimum absolute atomic E-state index is 0.00287. The number of fused-ring (bicyclic) bond motifs is 1. The maximum Gasteiger partial charge on any atom is 0.244 e. The van der Waals surface area contributed by atoms with Gasteiger partial charge in [0.05, 0.1) is 0 Å². The summed E-state index contributed by atoms with van der Waals surface area (Å²) in [5, 5.41) is 2.93. The number of hydrogen-bond acceptors (Lipinski definition) is 4. The van der Waals surface area contributed by atoms with Crippen LogP contribution in [0.25, 0.3) is 0 Å². The highest BCUT2D eigenvalue weighted by Gasteiger charge is 2.25. The average Bonchev–Trinajstić information content (AvgIpc) is 2.76. The average molecular weight is 407 g/mol. The van der Waals surface area contributed by atoms with Crippen LogP contribution in [0.4, 0.5) is 11.4 Å². The van der Waals surface area contributed by atoms with Gasteiger partial charge in [-0.3, -0.25) is 9.59 Å². The molecular weight excluding hydrogens is 376 g/mol. The van der Waals surface area contributed by atoms with Crippen molar-refractivity contribution in [2.75, 3.05) is 56.5 Å². The second-order valence-electron chi connectivity index (χ2n) is 8.25. The van der Waals surface area contributed by atoms with Gasteiger partial charge in [0.2, 0.25) is 11.8 Å². The third kappa shape index (κ3) is 5.07. The fourth-order valence-electron chi connectivity index (χ4n) is 4.13. The first-order valence-corrected chi connectivity index (χ1v) is 10.8. The van der Waals surface area contributed by atoms with Gasteiger partial charge in [0.1, 0.15) is 6.54 Å². The van der Waals surface area contributed by atoms with E-state index in [9.17, 15) is 9.59 Å². The van der Waals surface area contributed by atoms with E-state index in [-0.39, 0.29) is 18.4 Å². The molecule has 4 rings (SSSR count). The molecule has 0 aliphatic carbocycles. The second kappa shape index (κ2) is 9.41. The van der Waals surface area contributed by atoms with E-state index in [1.807, 2.05) is 36.4 Å². The maximum atomic E-state index is 12.6. The van der Waals surface area contributed by atoms with Gasteiger partial charge in [0.25, 0.3) is 0 Å². The number of piperazine rings is 1. The molecular formula is C24H30N4O2. The number of para-hydroxylation sites is 1. The van der Waals surface area contributed by atoms with E-state index in [0.717, 1.165) is 62.5 Å². The van der Waals surface area contributed by atoms with Crippen molar-refractivity contribution in [3.8, 4) is 0 Å². The Morgan fingerprint density at radius 1 is 0.967 bits per heavy atom. The van der Waals surface area contributed by atoms with Crippen molar-refractivity contribution in [3.05, 3.63) is 59.7 Å². The van der Waals surface area contributed by atoms with Crippen molar-refractivity contribution < 1.29 is 9.59 Å². The standard InChI is InChI=1S/C24H30N4O2/c1-26-14-16-27(17-15-26)13-12-19-6-9-21(10-7-19)25-23(29)18-28-22-5-3-2-4-20(22)8-11-24(28)30/h2-7,9-10H,8,11-18H2,1H3,(H,25,29). The summed E-state index contributed by atoms with van der Waals surface area (Å²) in [6.45, 7) is 5.63. The topological polar surface area (TPSA) is 55.9 Å². The van der Waals surface area contributed by atoms with Crippen LogP contribution in [0.15, 0.2) is 48.5 Å². The zero-order chi connectivity index (χ0) is 20.9. The molecule has 0 atom stereocenters. The predicted octanol–water partition coefficient (Wildman–Crippen LogP) is 2.39. The molecule has 2 heterocycles. The third-order valence-corrected chi connectivity index (χ3v) is 6.04. The lowest BCUT2D eigenvalue weighted by atomic mass is 10.0. The summed E-state index contributed by atoms with van der Waals surface area (Å²) in [6, 6.07) is 15.9. The molecule has 0 radical (unpaired) electrons. The lowest BCUT2D eigenvalue weighted by Crippen LogP contribution is -2.45. The minimum atomic E-state index is -0.176. The molecule has 0 unspecified atom stereocenters. The number of carbonyl (C=O) groups is 2. The van der Waals surface area contributed by atoms with Crippen LogP contribution in [-0.2, 0) is 22.4 Å². The first-order valence-electron chi connectivity index (χ1n) is 10.8. The molecule has 2 aromatic carbocycles. The molecule has 2 amide bonds. The van der Waals surface area contributed by atoms with E-state index in [0.29, 0.717) is 6.42 Å². The molecule has 0 aromatic heterocycles. The van der Waals surface area contributed by atoms with Gasteiger partial charge in [-0.05, 0) is 49.2 Å². The summed E-state index contributed by atoms with van der Waals surface area (Å²) < 4.78 is 0. The van der Waals surface area contributed by atoms with Crippen LogP contribution >= 0.6 is 0 Å². The Bertz CT molecular complexity index is 888. The van der Waals surface area contributed by atoms with Gasteiger partial charge in [-0.25, -0.2) is 0 Å². The smallest absolute Gasteiger partial charge is 0.244 e. The SMILES string of the molecule is CN1CCN(CCc2ccc(NC(=O)CN3C(=O)CCc4ccccc43)cc2)CC1. The van der Waals surface area contributed by atoms with Gasteiger partial charge in [0.15, 0.2) is 0 Å². The highest BCUT2D eigenvalue weighted by molar-refractivity contribution is 6.04. The van der Waals surface area contributed by atoms with Crippen molar-refractivity contribution in [2.24, 2.45) is 0 Å². The summed E-state index contributed by atoms with van der Waals surface area (Å²) in [4.78, 5) is 31.4. The van der Waals surface area contributed by atoms with Crippen LogP contribution in [0.2, 0.25) is 0 Å². The number of benzene rings is 2. The lowest BCUT2D eigenvalue weighted by molar-refractivity contribution is -0.121. The molecule has 0 spiro atoms. The largest absolute Gasteiger partial charge is 0.325 e. The minimum Gasteiger partial charge on any atom is -0.325 e. The normalized spacial score (nSPS) is 17.6. The second-order valence-corrected chi connectivity index (χ2v) is 8.25. The van der Waals surface area contributed by atoms with Gasteiger partial charge < -0.3 is 20.0 Å². The van der Waals surface area contributed by atoms with Crippen molar-refractivity contribution in [2.45, 2.75) is 19.3 Å². The zero-order valence-electron chi connectivity index (χ0n) is 17.6. The van der Waals surface area contributed by atoms with Crippen LogP contribution in [0.5, 0.6) is 0 Å². The van der Waals surface area contributed by atoms with E-state index < -0.39 is 0 Å². The Labute approximate surface area is 178 Å². The summed E-state index contributed by atoms with van der Waals surface area (Å²) >= 11 is 0. The van der Waals surface area contributed by atoms with Crippen molar-refractivity contribution in [1.29, 1.82) is 0 Å². The van der Waals surface area contributed by atoms with Gasteiger partial charge in [-0.2, -0.15) is 0 Å². The Kier molecular flexibility index (Phi) is 6.45. The van der Waals surface area contributed by atoms with E-state index in [1.165, 1.54) is 5.56 Å². The summed E-state index contributed by atoms with van der Waals surface area (Å²) in [6.07, 6.45) is 2.20. The molecule has 2 aliphatic rings. The van der Waals surface area contributed by atoms with E-state index in [4.69, 9.17) is 0 Å². The Balaban J connectivity index is 1.29. The van der Waals surface area contributed by atoms with Crippen LogP contribution < -0.4 is 10.2 Å². The van der Waals surface area contributed by atoms with Gasteiger partial charge in [0, 0.05) is 50.5 Å². The molecule has 2 aromatic rings. The number of likely N-dealkylation sites (N-methyl/N-ethyl adjacent to an activating group) is 1. The fourth-order valence-corrected chi connectivity index (χ4v) is 4.13. The third-order valence-electron chi connectivity index (χ3n) is 6.04. The number of carbonyl (C=O) groups excluding carboxylic acids is 2. The predicted molar refractivity (Wildman–Crippen MR) is 120 cm³/mol. The molecule has 6 nitrogen and oxygen atoms in total. The highest BCUT2D eigenvalue weighted by Crippen LogP contribution is 2.27. The molecule has 1 saturated heterocycles. The monoisotopic (exact) mass is 406 g/mol. The molecule has 30 heavy (non-hydrogen) atoms. The molecule has 0 saturated carbocycles. The number of nitrogens with zero attached hydrogens (tertiary/aromatic N) is 3. The van der Waals surface area contributed by atoms with Crippen LogP contribution in [-0.4, -0.2) is 67.9 Å². The Hall–Kier alpha value is -2.70. The molecule has 2 aliphatic heterocycles. The maximum absolute atomic E-state index is 12.6. The highest BCUT2D eigenvalue weighted by atomic mass is 16.2. The zero-order valence-corrected chi connectivity index (χ0v) is 17.6.